The molecule has 0 atom stereocenters. The number of carbonyl (C=O) groups excluding carboxylic acids is 2. The van der Waals surface area contributed by atoms with Gasteiger partial charge < -0.3 is 15.0 Å². The lowest BCUT2D eigenvalue weighted by Gasteiger charge is -2.25. The van der Waals surface area contributed by atoms with Crippen molar-refractivity contribution < 1.29 is 14.3 Å². The second-order valence-electron chi connectivity index (χ2n) is 6.93. The van der Waals surface area contributed by atoms with E-state index in [2.05, 4.69) is 15.2 Å². The van der Waals surface area contributed by atoms with Crippen molar-refractivity contribution in [1.29, 1.82) is 0 Å². The predicted octanol–water partition coefficient (Wildman–Crippen LogP) is 2.13. The zero-order valence-electron chi connectivity index (χ0n) is 16.3. The third-order valence-corrected chi connectivity index (χ3v) is 5.40. The van der Waals surface area contributed by atoms with Gasteiger partial charge in [0.05, 0.1) is 38.4 Å². The Kier molecular flexibility index (Phi) is 7.13. The number of rotatable bonds is 7. The highest BCUT2D eigenvalue weighted by Crippen LogP contribution is 2.16. The summed E-state index contributed by atoms with van der Waals surface area (Å²) in [4.78, 5) is 32.3. The molecule has 8 heteroatoms. The number of nitrogens with one attached hydrogen (secondary N) is 1. The van der Waals surface area contributed by atoms with Crippen molar-refractivity contribution in [3.8, 4) is 0 Å². The topological polar surface area (TPSA) is 74.8 Å². The Morgan fingerprint density at radius 1 is 1.25 bits per heavy atom. The first kappa shape index (κ1) is 20.4. The Bertz CT molecular complexity index is 800. The fourth-order valence-corrected chi connectivity index (χ4v) is 3.82. The molecule has 1 N–H and O–H groups in total. The lowest BCUT2D eigenvalue weighted by molar-refractivity contribution is -0.129. The standard InChI is InChI=1S/C20H26N4O3S/c1-15(25)21-17-5-3-16(4-6-17)11-20(26)23(2)12-18-14-28-19(22-18)13-24-7-9-27-10-8-24/h3-6,14H,7-13H2,1-2H3,(H,21,25). The van der Waals surface area contributed by atoms with E-state index >= 15 is 0 Å². The molecule has 2 heterocycles. The van der Waals surface area contributed by atoms with Crippen molar-refractivity contribution in [2.24, 2.45) is 0 Å². The monoisotopic (exact) mass is 402 g/mol. The van der Waals surface area contributed by atoms with E-state index in [4.69, 9.17) is 4.74 Å². The molecule has 1 aromatic carbocycles. The highest BCUT2D eigenvalue weighted by molar-refractivity contribution is 7.09. The normalized spacial score (nSPS) is 14.6. The number of likely N-dealkylation sites (N-methyl/N-ethyl adjacent to an activating group) is 1. The number of ether oxygens (including phenoxy) is 1. The summed E-state index contributed by atoms with van der Waals surface area (Å²) in [6.07, 6.45) is 0.321. The minimum Gasteiger partial charge on any atom is -0.379 e. The second kappa shape index (κ2) is 9.77. The number of nitrogens with zero attached hydrogens (tertiary/aromatic N) is 3. The molecule has 1 saturated heterocycles. The maximum absolute atomic E-state index is 12.5. The van der Waals surface area contributed by atoms with Gasteiger partial charge in [-0.1, -0.05) is 12.1 Å². The van der Waals surface area contributed by atoms with Crippen LogP contribution in [0.4, 0.5) is 5.69 Å². The first-order valence-electron chi connectivity index (χ1n) is 9.33. The number of benzene rings is 1. The summed E-state index contributed by atoms with van der Waals surface area (Å²) in [5, 5.41) is 5.83. The lowest BCUT2D eigenvalue weighted by atomic mass is 10.1. The van der Waals surface area contributed by atoms with Gasteiger partial charge in [0.2, 0.25) is 11.8 Å². The molecule has 150 valence electrons. The van der Waals surface area contributed by atoms with Crippen molar-refractivity contribution in [2.75, 3.05) is 38.7 Å². The maximum atomic E-state index is 12.5. The lowest BCUT2D eigenvalue weighted by Crippen LogP contribution is -2.35. The van der Waals surface area contributed by atoms with Crippen molar-refractivity contribution in [1.82, 2.24) is 14.8 Å². The number of hydrogen-bond donors (Lipinski definition) is 1. The highest BCUT2D eigenvalue weighted by Gasteiger charge is 2.15. The molecule has 0 unspecified atom stereocenters. The Balaban J connectivity index is 1.49. The van der Waals surface area contributed by atoms with Crippen LogP contribution in [0.25, 0.3) is 0 Å². The summed E-state index contributed by atoms with van der Waals surface area (Å²) in [7, 11) is 1.80. The number of morpholine rings is 1. The van der Waals surface area contributed by atoms with Crippen LogP contribution in [0.1, 0.15) is 23.2 Å². The van der Waals surface area contributed by atoms with E-state index in [9.17, 15) is 9.59 Å². The van der Waals surface area contributed by atoms with Crippen LogP contribution in [0.15, 0.2) is 29.6 Å². The molecule has 2 amide bonds. The molecule has 0 bridgehead atoms. The van der Waals surface area contributed by atoms with Gasteiger partial charge in [0.25, 0.3) is 0 Å². The van der Waals surface area contributed by atoms with Gasteiger partial charge in [0.15, 0.2) is 0 Å². The van der Waals surface area contributed by atoms with Crippen LogP contribution in [0, 0.1) is 0 Å². The van der Waals surface area contributed by atoms with Crippen LogP contribution in [0.2, 0.25) is 0 Å². The van der Waals surface area contributed by atoms with Gasteiger partial charge in [-0.25, -0.2) is 4.98 Å². The van der Waals surface area contributed by atoms with Crippen molar-refractivity contribution in [3.63, 3.8) is 0 Å². The molecule has 1 aliphatic rings. The smallest absolute Gasteiger partial charge is 0.227 e. The summed E-state index contributed by atoms with van der Waals surface area (Å²) in [6, 6.07) is 7.34. The zero-order valence-corrected chi connectivity index (χ0v) is 17.1. The summed E-state index contributed by atoms with van der Waals surface area (Å²) < 4.78 is 5.37. The molecule has 7 nitrogen and oxygen atoms in total. The van der Waals surface area contributed by atoms with Crippen molar-refractivity contribution in [2.45, 2.75) is 26.4 Å². The van der Waals surface area contributed by atoms with E-state index in [0.29, 0.717) is 13.0 Å². The van der Waals surface area contributed by atoms with E-state index in [-0.39, 0.29) is 11.8 Å². The minimum absolute atomic E-state index is 0.0370. The molecule has 0 saturated carbocycles. The minimum atomic E-state index is -0.111. The number of hydrogen-bond acceptors (Lipinski definition) is 6. The van der Waals surface area contributed by atoms with Crippen LogP contribution in [0.5, 0.6) is 0 Å². The van der Waals surface area contributed by atoms with Crippen LogP contribution in [-0.2, 0) is 33.8 Å². The molecule has 1 aliphatic heterocycles. The third-order valence-electron chi connectivity index (χ3n) is 4.52. The van der Waals surface area contributed by atoms with Gasteiger partial charge in [-0.2, -0.15) is 0 Å². The molecular formula is C20H26N4O3S. The highest BCUT2D eigenvalue weighted by atomic mass is 32.1. The SMILES string of the molecule is CC(=O)Nc1ccc(CC(=O)N(C)Cc2csc(CN3CCOCC3)n2)cc1. The second-order valence-corrected chi connectivity index (χ2v) is 7.87. The van der Waals surface area contributed by atoms with Crippen LogP contribution >= 0.6 is 11.3 Å². The number of anilines is 1. The van der Waals surface area contributed by atoms with Gasteiger partial charge in [-0.15, -0.1) is 11.3 Å². The predicted molar refractivity (Wildman–Crippen MR) is 109 cm³/mol. The van der Waals surface area contributed by atoms with E-state index in [1.165, 1.54) is 6.92 Å². The maximum Gasteiger partial charge on any atom is 0.227 e. The first-order chi connectivity index (χ1) is 13.5. The van der Waals surface area contributed by atoms with E-state index in [1.807, 2.05) is 29.6 Å². The first-order valence-corrected chi connectivity index (χ1v) is 10.2. The van der Waals surface area contributed by atoms with Gasteiger partial charge in [-0.3, -0.25) is 14.5 Å². The molecule has 3 rings (SSSR count). The van der Waals surface area contributed by atoms with Crippen molar-refractivity contribution >= 4 is 28.8 Å². The Labute approximate surface area is 169 Å². The van der Waals surface area contributed by atoms with Crippen LogP contribution < -0.4 is 5.32 Å². The summed E-state index contributed by atoms with van der Waals surface area (Å²) in [5.74, 6) is -0.0742. The van der Waals surface area contributed by atoms with E-state index in [0.717, 1.165) is 54.8 Å². The molecule has 28 heavy (non-hydrogen) atoms. The largest absolute Gasteiger partial charge is 0.379 e. The van der Waals surface area contributed by atoms with Crippen molar-refractivity contribution in [3.05, 3.63) is 45.9 Å². The fraction of sp³-hybridized carbons (Fsp3) is 0.450. The van der Waals surface area contributed by atoms with Gasteiger partial charge in [0, 0.05) is 38.1 Å². The number of carbonyl (C=O) groups is 2. The number of thiazole rings is 1. The summed E-state index contributed by atoms with van der Waals surface area (Å²) in [5.41, 5.74) is 2.56. The number of aromatic nitrogens is 1. The Hall–Kier alpha value is -2.29. The van der Waals surface area contributed by atoms with Gasteiger partial charge in [0.1, 0.15) is 5.01 Å². The van der Waals surface area contributed by atoms with Crippen LogP contribution in [-0.4, -0.2) is 59.9 Å². The quantitative estimate of drug-likeness (QED) is 0.768. The fourth-order valence-electron chi connectivity index (χ4n) is 2.99. The Morgan fingerprint density at radius 2 is 1.96 bits per heavy atom. The van der Waals surface area contributed by atoms with E-state index in [1.54, 1.807) is 23.3 Å². The summed E-state index contributed by atoms with van der Waals surface area (Å²) in [6.45, 7) is 6.25. The average Bonchev–Trinajstić information content (AvgIpc) is 3.10. The van der Waals surface area contributed by atoms with Gasteiger partial charge in [-0.05, 0) is 17.7 Å². The molecular weight excluding hydrogens is 376 g/mol. The Morgan fingerprint density at radius 3 is 2.64 bits per heavy atom. The molecule has 1 fully saturated rings. The van der Waals surface area contributed by atoms with Gasteiger partial charge >= 0.3 is 0 Å². The third kappa shape index (κ3) is 6.12. The molecule has 0 spiro atoms. The molecule has 0 radical (unpaired) electrons. The zero-order chi connectivity index (χ0) is 19.9. The van der Waals surface area contributed by atoms with Crippen LogP contribution in [0.3, 0.4) is 0 Å². The van der Waals surface area contributed by atoms with E-state index < -0.39 is 0 Å². The number of amides is 2. The molecule has 1 aromatic heterocycles. The summed E-state index contributed by atoms with van der Waals surface area (Å²) >= 11 is 1.64. The molecule has 0 aliphatic carbocycles. The average molecular weight is 403 g/mol. The molecule has 2 aromatic rings.